The van der Waals surface area contributed by atoms with Crippen LogP contribution in [0.5, 0.6) is 0 Å². The van der Waals surface area contributed by atoms with E-state index < -0.39 is 27.1 Å². The van der Waals surface area contributed by atoms with E-state index in [2.05, 4.69) is 15.2 Å². The third kappa shape index (κ3) is 3.41. The second kappa shape index (κ2) is 7.13. The Morgan fingerprint density at radius 3 is 2.48 bits per heavy atom. The summed E-state index contributed by atoms with van der Waals surface area (Å²) in [6.45, 7) is 3.56. The molecule has 0 radical (unpaired) electrons. The molecule has 0 unspecified atom stereocenters. The first-order valence-electron chi connectivity index (χ1n) is 10.8. The first-order valence-corrected chi connectivity index (χ1v) is 12.4. The molecule has 0 bridgehead atoms. The van der Waals surface area contributed by atoms with Crippen molar-refractivity contribution >= 4 is 9.84 Å². The Labute approximate surface area is 180 Å². The van der Waals surface area contributed by atoms with Gasteiger partial charge in [0.2, 0.25) is 0 Å². The number of nitrogens with zero attached hydrogens (tertiary/aromatic N) is 2. The Hall–Kier alpha value is -1.23. The molecule has 6 nitrogen and oxygen atoms in total. The molecule has 1 aromatic rings. The molecule has 1 aromatic heterocycles. The molecule has 31 heavy (non-hydrogen) atoms. The van der Waals surface area contributed by atoms with Gasteiger partial charge in [-0.1, -0.05) is 0 Å². The van der Waals surface area contributed by atoms with Crippen LogP contribution in [0.25, 0.3) is 0 Å². The van der Waals surface area contributed by atoms with Crippen molar-refractivity contribution in [2.45, 2.75) is 61.1 Å². The van der Waals surface area contributed by atoms with Gasteiger partial charge in [-0.2, -0.15) is 13.2 Å². The molecule has 4 fully saturated rings. The van der Waals surface area contributed by atoms with Crippen LogP contribution in [-0.2, 0) is 20.8 Å². The number of aromatic nitrogens is 1. The zero-order valence-electron chi connectivity index (χ0n) is 17.7. The summed E-state index contributed by atoms with van der Waals surface area (Å²) in [5.41, 5.74) is -0.943. The molecule has 1 spiro atoms. The number of ether oxygens (including phenoxy) is 1. The van der Waals surface area contributed by atoms with Crippen molar-refractivity contribution in [1.29, 1.82) is 0 Å². The van der Waals surface area contributed by atoms with Gasteiger partial charge >= 0.3 is 6.18 Å². The highest BCUT2D eigenvalue weighted by Gasteiger charge is 2.59. The fourth-order valence-corrected chi connectivity index (χ4v) is 8.66. The molecule has 2 aliphatic heterocycles. The first kappa shape index (κ1) is 21.6. The first-order chi connectivity index (χ1) is 14.5. The Kier molecular flexibility index (Phi) is 4.97. The van der Waals surface area contributed by atoms with E-state index in [0.717, 1.165) is 57.6 Å². The fourth-order valence-electron chi connectivity index (χ4n) is 6.28. The summed E-state index contributed by atoms with van der Waals surface area (Å²) >= 11 is 0. The minimum Gasteiger partial charge on any atom is -0.380 e. The van der Waals surface area contributed by atoms with E-state index in [1.54, 1.807) is 0 Å². The number of aryl methyl sites for hydroxylation is 1. The second-order valence-electron chi connectivity index (χ2n) is 9.85. The van der Waals surface area contributed by atoms with E-state index in [4.69, 9.17) is 4.74 Å². The molecule has 1 N–H and O–H groups in total. The molecule has 0 amide bonds. The van der Waals surface area contributed by atoms with Gasteiger partial charge in [-0.25, -0.2) is 13.4 Å². The molecular weight excluding hydrogens is 431 g/mol. The van der Waals surface area contributed by atoms with Crippen molar-refractivity contribution < 1.29 is 26.3 Å². The summed E-state index contributed by atoms with van der Waals surface area (Å²) in [6, 6.07) is 2.34. The highest BCUT2D eigenvalue weighted by Crippen LogP contribution is 2.54. The Morgan fingerprint density at radius 2 is 1.94 bits per heavy atom. The van der Waals surface area contributed by atoms with E-state index >= 15 is 0 Å². The Balaban J connectivity index is 1.48. The van der Waals surface area contributed by atoms with E-state index in [-0.39, 0.29) is 39.9 Å². The summed E-state index contributed by atoms with van der Waals surface area (Å²) in [4.78, 5) is 5.65. The number of nitrogens with one attached hydrogen (secondary N) is 1. The zero-order valence-corrected chi connectivity index (χ0v) is 18.5. The molecule has 2 saturated carbocycles. The van der Waals surface area contributed by atoms with Crippen molar-refractivity contribution in [1.82, 2.24) is 15.2 Å². The molecule has 172 valence electrons. The maximum atomic E-state index is 13.8. The van der Waals surface area contributed by atoms with Gasteiger partial charge in [-0.05, 0) is 63.6 Å². The topological polar surface area (TPSA) is 71.5 Å². The van der Waals surface area contributed by atoms with Gasteiger partial charge < -0.3 is 10.1 Å². The van der Waals surface area contributed by atoms with Gasteiger partial charge in [-0.15, -0.1) is 0 Å². The minimum atomic E-state index is -4.60. The van der Waals surface area contributed by atoms with Crippen LogP contribution < -0.4 is 5.32 Å². The number of hydrogen-bond acceptors (Lipinski definition) is 6. The molecule has 5 rings (SSSR count). The number of hydrogen-bond donors (Lipinski definition) is 1. The Bertz CT molecular complexity index is 972. The number of fused-ring (bicyclic) bond motifs is 1. The third-order valence-electron chi connectivity index (χ3n) is 7.87. The largest absolute Gasteiger partial charge is 0.433 e. The van der Waals surface area contributed by atoms with Crippen LogP contribution in [0, 0.1) is 24.2 Å². The molecule has 10 heteroatoms. The minimum absolute atomic E-state index is 0.0293. The normalized spacial score (nSPS) is 33.3. The number of likely N-dealkylation sites (tertiary alicyclic amines) is 1. The van der Waals surface area contributed by atoms with E-state index in [1.807, 2.05) is 7.05 Å². The van der Waals surface area contributed by atoms with Crippen LogP contribution >= 0.6 is 0 Å². The molecule has 2 saturated heterocycles. The monoisotopic (exact) mass is 459 g/mol. The van der Waals surface area contributed by atoms with Crippen LogP contribution in [0.4, 0.5) is 13.2 Å². The number of sulfone groups is 1. The number of pyridine rings is 1. The van der Waals surface area contributed by atoms with Crippen LogP contribution in [0.1, 0.15) is 37.1 Å². The van der Waals surface area contributed by atoms with Crippen molar-refractivity contribution in [3.8, 4) is 0 Å². The Morgan fingerprint density at radius 1 is 1.23 bits per heavy atom. The average molecular weight is 460 g/mol. The van der Waals surface area contributed by atoms with Gasteiger partial charge in [-0.3, -0.25) is 4.90 Å². The summed E-state index contributed by atoms with van der Waals surface area (Å²) in [5.74, 6) is 0.243. The molecule has 4 aliphatic rings. The maximum Gasteiger partial charge on any atom is 0.433 e. The molecular formula is C21H28F3N3O3S. The zero-order chi connectivity index (χ0) is 22.2. The van der Waals surface area contributed by atoms with Crippen molar-refractivity contribution in [3.63, 3.8) is 0 Å². The van der Waals surface area contributed by atoms with E-state index in [9.17, 15) is 21.6 Å². The summed E-state index contributed by atoms with van der Waals surface area (Å²) in [5, 5.41) is 2.56. The summed E-state index contributed by atoms with van der Waals surface area (Å²) in [7, 11) is -1.98. The summed E-state index contributed by atoms with van der Waals surface area (Å²) in [6.07, 6.45) is -1.06. The quantitative estimate of drug-likeness (QED) is 0.747. The van der Waals surface area contributed by atoms with Crippen molar-refractivity contribution in [2.75, 3.05) is 26.8 Å². The van der Waals surface area contributed by atoms with Gasteiger partial charge in [0.15, 0.2) is 9.84 Å². The lowest BCUT2D eigenvalue weighted by atomic mass is 9.63. The number of alkyl halides is 3. The molecule has 4 atom stereocenters. The van der Waals surface area contributed by atoms with Crippen molar-refractivity contribution in [3.05, 3.63) is 23.5 Å². The van der Waals surface area contributed by atoms with Crippen molar-refractivity contribution in [2.24, 2.45) is 17.3 Å². The lowest BCUT2D eigenvalue weighted by molar-refractivity contribution is -0.184. The van der Waals surface area contributed by atoms with Crippen LogP contribution in [0.15, 0.2) is 17.0 Å². The predicted molar refractivity (Wildman–Crippen MR) is 107 cm³/mol. The molecule has 2 aliphatic carbocycles. The summed E-state index contributed by atoms with van der Waals surface area (Å²) < 4.78 is 72.2. The lowest BCUT2D eigenvalue weighted by Gasteiger charge is -2.56. The predicted octanol–water partition coefficient (Wildman–Crippen LogP) is 2.62. The smallest absolute Gasteiger partial charge is 0.380 e. The van der Waals surface area contributed by atoms with Crippen LogP contribution in [0.2, 0.25) is 0 Å². The van der Waals surface area contributed by atoms with E-state index in [1.165, 1.54) is 6.92 Å². The average Bonchev–Trinajstić information content (AvgIpc) is 3.15. The lowest BCUT2D eigenvalue weighted by Crippen LogP contribution is -2.61. The highest BCUT2D eigenvalue weighted by molar-refractivity contribution is 7.92. The fraction of sp³-hybridized carbons (Fsp3) is 0.762. The van der Waals surface area contributed by atoms with Gasteiger partial charge in [0.05, 0.1) is 23.8 Å². The third-order valence-corrected chi connectivity index (χ3v) is 10.2. The van der Waals surface area contributed by atoms with Gasteiger partial charge in [0.25, 0.3) is 0 Å². The highest BCUT2D eigenvalue weighted by atomic mass is 32.2. The molecule has 3 heterocycles. The SMILES string of the molecule is CN[C@H]1C[C@@H]2CN(C3CC4(COC4)C3)[C@@H](S(=O)(=O)c3ccc(C(F)(F)F)nc3C)[C@H]2C1. The molecule has 0 aromatic carbocycles. The number of rotatable bonds is 4. The second-order valence-corrected chi connectivity index (χ2v) is 11.9. The maximum absolute atomic E-state index is 13.8. The van der Waals surface area contributed by atoms with Crippen LogP contribution in [0.3, 0.4) is 0 Å². The number of halogens is 3. The van der Waals surface area contributed by atoms with E-state index in [0.29, 0.717) is 0 Å². The van der Waals surface area contributed by atoms with Gasteiger partial charge in [0.1, 0.15) is 11.1 Å². The van der Waals surface area contributed by atoms with Crippen LogP contribution in [-0.4, -0.2) is 62.6 Å². The van der Waals surface area contributed by atoms with Gasteiger partial charge in [0, 0.05) is 24.0 Å². The standard InChI is InChI=1S/C21H28F3N3O3S/c1-12-17(3-4-18(26-12)21(22,23)24)31(28,29)19-16-6-14(25-2)5-13(16)9-27(19)15-7-20(8-15)10-30-11-20/h3-4,13-16,19,25H,5-11H2,1-2H3/t13-,14+,16+,19+/m1/s1.